The summed E-state index contributed by atoms with van der Waals surface area (Å²) in [6, 6.07) is 8.24. The second-order valence-electron chi connectivity index (χ2n) is 5.59. The fourth-order valence-electron chi connectivity index (χ4n) is 3.46. The quantitative estimate of drug-likeness (QED) is 0.773. The lowest BCUT2D eigenvalue weighted by atomic mass is 9.77. The number of fused-ring (bicyclic) bond motifs is 1. The fraction of sp³-hybridized carbons (Fsp3) is 0.500. The molecule has 2 aliphatic carbocycles. The molecule has 0 aromatic heterocycles. The molecular weight excluding hydrogens is 208 g/mol. The normalized spacial score (nSPS) is 28.9. The maximum Gasteiger partial charge on any atom is 0.109 e. The van der Waals surface area contributed by atoms with Crippen molar-refractivity contribution < 1.29 is 5.11 Å². The van der Waals surface area contributed by atoms with Gasteiger partial charge in [-0.2, -0.15) is 0 Å². The second kappa shape index (κ2) is 3.99. The van der Waals surface area contributed by atoms with Gasteiger partial charge in [0.05, 0.1) is 0 Å². The molecule has 0 aliphatic heterocycles. The maximum absolute atomic E-state index is 10.8. The molecule has 1 aromatic carbocycles. The molecule has 1 unspecified atom stereocenters. The van der Waals surface area contributed by atoms with Crippen LogP contribution < -0.4 is 0 Å². The summed E-state index contributed by atoms with van der Waals surface area (Å²) in [5, 5.41) is 10.8. The highest BCUT2D eigenvalue weighted by Crippen LogP contribution is 2.46. The van der Waals surface area contributed by atoms with Crippen LogP contribution in [0.3, 0.4) is 0 Å². The lowest BCUT2D eigenvalue weighted by molar-refractivity contribution is 0.0856. The SMILES string of the molecule is CC1(O)C(C2CCCCC2)=Cc2ccccc21. The van der Waals surface area contributed by atoms with E-state index in [1.54, 1.807) is 0 Å². The van der Waals surface area contributed by atoms with E-state index in [9.17, 15) is 5.11 Å². The van der Waals surface area contributed by atoms with Gasteiger partial charge in [0.2, 0.25) is 0 Å². The Morgan fingerprint density at radius 2 is 1.82 bits per heavy atom. The molecule has 0 spiro atoms. The van der Waals surface area contributed by atoms with Crippen LogP contribution >= 0.6 is 0 Å². The molecule has 0 radical (unpaired) electrons. The molecule has 0 bridgehead atoms. The summed E-state index contributed by atoms with van der Waals surface area (Å²) in [6.45, 7) is 1.96. The predicted octanol–water partition coefficient (Wildman–Crippen LogP) is 3.87. The molecule has 2 aliphatic rings. The number of hydrogen-bond donors (Lipinski definition) is 1. The smallest absolute Gasteiger partial charge is 0.109 e. The molecule has 1 saturated carbocycles. The summed E-state index contributed by atoms with van der Waals surface area (Å²) < 4.78 is 0. The molecule has 1 N–H and O–H groups in total. The number of hydrogen-bond acceptors (Lipinski definition) is 1. The highest BCUT2D eigenvalue weighted by Gasteiger charge is 2.38. The summed E-state index contributed by atoms with van der Waals surface area (Å²) >= 11 is 0. The number of rotatable bonds is 1. The molecule has 0 heterocycles. The van der Waals surface area contributed by atoms with Crippen LogP contribution in [0.4, 0.5) is 0 Å². The maximum atomic E-state index is 10.8. The van der Waals surface area contributed by atoms with Crippen LogP contribution in [0.1, 0.15) is 50.2 Å². The van der Waals surface area contributed by atoms with E-state index >= 15 is 0 Å². The van der Waals surface area contributed by atoms with Gasteiger partial charge in [0.25, 0.3) is 0 Å². The zero-order valence-corrected chi connectivity index (χ0v) is 10.4. The van der Waals surface area contributed by atoms with E-state index in [0.717, 1.165) is 5.56 Å². The van der Waals surface area contributed by atoms with Crippen molar-refractivity contribution in [3.05, 3.63) is 41.0 Å². The summed E-state index contributed by atoms with van der Waals surface area (Å²) in [5.41, 5.74) is 2.80. The van der Waals surface area contributed by atoms with Crippen molar-refractivity contribution in [1.82, 2.24) is 0 Å². The molecular formula is C16H20O. The number of benzene rings is 1. The molecule has 1 nitrogen and oxygen atoms in total. The van der Waals surface area contributed by atoms with Crippen LogP contribution in [0.25, 0.3) is 6.08 Å². The zero-order chi connectivity index (χ0) is 11.9. The van der Waals surface area contributed by atoms with E-state index in [-0.39, 0.29) is 0 Å². The summed E-state index contributed by atoms with van der Waals surface area (Å²) in [6.07, 6.45) is 8.71. The Morgan fingerprint density at radius 1 is 1.12 bits per heavy atom. The Morgan fingerprint density at radius 3 is 2.53 bits per heavy atom. The van der Waals surface area contributed by atoms with Gasteiger partial charge in [0.1, 0.15) is 5.60 Å². The molecule has 17 heavy (non-hydrogen) atoms. The van der Waals surface area contributed by atoms with Gasteiger partial charge in [-0.3, -0.25) is 0 Å². The molecule has 1 heteroatoms. The average molecular weight is 228 g/mol. The first-order valence-corrected chi connectivity index (χ1v) is 6.73. The van der Waals surface area contributed by atoms with Crippen molar-refractivity contribution in [3.63, 3.8) is 0 Å². The first-order chi connectivity index (χ1) is 8.19. The minimum atomic E-state index is -0.738. The van der Waals surface area contributed by atoms with Crippen molar-refractivity contribution in [1.29, 1.82) is 0 Å². The minimum Gasteiger partial charge on any atom is -0.381 e. The van der Waals surface area contributed by atoms with Crippen molar-refractivity contribution in [2.75, 3.05) is 0 Å². The molecule has 1 aromatic rings. The van der Waals surface area contributed by atoms with Gasteiger partial charge in [-0.25, -0.2) is 0 Å². The topological polar surface area (TPSA) is 20.2 Å². The van der Waals surface area contributed by atoms with E-state index in [1.807, 2.05) is 13.0 Å². The lowest BCUT2D eigenvalue weighted by Gasteiger charge is -2.31. The zero-order valence-electron chi connectivity index (χ0n) is 10.4. The first kappa shape index (κ1) is 11.0. The Kier molecular flexibility index (Phi) is 2.59. The highest BCUT2D eigenvalue weighted by atomic mass is 16.3. The van der Waals surface area contributed by atoms with Gasteiger partial charge < -0.3 is 5.11 Å². The van der Waals surface area contributed by atoms with Crippen LogP contribution in [0.2, 0.25) is 0 Å². The fourth-order valence-corrected chi connectivity index (χ4v) is 3.46. The standard InChI is InChI=1S/C16H20O/c1-16(17)14-10-6-5-9-13(14)11-15(16)12-7-3-2-4-8-12/h5-6,9-12,17H,2-4,7-8H2,1H3. The molecule has 0 saturated heterocycles. The van der Waals surface area contributed by atoms with E-state index in [1.165, 1.54) is 43.2 Å². The van der Waals surface area contributed by atoms with Gasteiger partial charge in [0, 0.05) is 0 Å². The van der Waals surface area contributed by atoms with E-state index in [4.69, 9.17) is 0 Å². The van der Waals surface area contributed by atoms with Crippen LogP contribution in [0, 0.1) is 5.92 Å². The van der Waals surface area contributed by atoms with Gasteiger partial charge in [-0.15, -0.1) is 0 Å². The Hall–Kier alpha value is -1.08. The molecule has 3 rings (SSSR count). The minimum absolute atomic E-state index is 0.589. The van der Waals surface area contributed by atoms with E-state index < -0.39 is 5.60 Å². The Bertz CT molecular complexity index is 450. The van der Waals surface area contributed by atoms with Crippen molar-refractivity contribution in [2.24, 2.45) is 5.92 Å². The van der Waals surface area contributed by atoms with Crippen LogP contribution in [0.5, 0.6) is 0 Å². The average Bonchev–Trinajstić information content (AvgIpc) is 2.63. The van der Waals surface area contributed by atoms with Gasteiger partial charge in [0.15, 0.2) is 0 Å². The number of aliphatic hydroxyl groups is 1. The van der Waals surface area contributed by atoms with Gasteiger partial charge >= 0.3 is 0 Å². The second-order valence-corrected chi connectivity index (χ2v) is 5.59. The third kappa shape index (κ3) is 1.73. The first-order valence-electron chi connectivity index (χ1n) is 6.73. The summed E-state index contributed by atoms with van der Waals surface area (Å²) in [5.74, 6) is 0.589. The summed E-state index contributed by atoms with van der Waals surface area (Å²) in [7, 11) is 0. The van der Waals surface area contributed by atoms with Crippen LogP contribution in [-0.2, 0) is 5.60 Å². The molecule has 1 atom stereocenters. The molecule has 90 valence electrons. The van der Waals surface area contributed by atoms with Crippen LogP contribution in [0.15, 0.2) is 29.8 Å². The van der Waals surface area contributed by atoms with E-state index in [2.05, 4.69) is 24.3 Å². The predicted molar refractivity (Wildman–Crippen MR) is 70.6 cm³/mol. The monoisotopic (exact) mass is 228 g/mol. The third-order valence-corrected chi connectivity index (χ3v) is 4.40. The van der Waals surface area contributed by atoms with Gasteiger partial charge in [-0.1, -0.05) is 49.6 Å². The largest absolute Gasteiger partial charge is 0.381 e. The lowest BCUT2D eigenvalue weighted by Crippen LogP contribution is -2.27. The van der Waals surface area contributed by atoms with E-state index in [0.29, 0.717) is 5.92 Å². The Balaban J connectivity index is 1.97. The Labute approximate surface area is 103 Å². The van der Waals surface area contributed by atoms with Gasteiger partial charge in [-0.05, 0) is 42.4 Å². The van der Waals surface area contributed by atoms with Crippen molar-refractivity contribution in [3.8, 4) is 0 Å². The highest BCUT2D eigenvalue weighted by molar-refractivity contribution is 5.68. The van der Waals surface area contributed by atoms with Crippen LogP contribution in [-0.4, -0.2) is 5.11 Å². The molecule has 1 fully saturated rings. The molecule has 0 amide bonds. The third-order valence-electron chi connectivity index (χ3n) is 4.40. The van der Waals surface area contributed by atoms with Crippen molar-refractivity contribution in [2.45, 2.75) is 44.6 Å². The van der Waals surface area contributed by atoms with Crippen molar-refractivity contribution >= 4 is 6.08 Å². The summed E-state index contributed by atoms with van der Waals surface area (Å²) in [4.78, 5) is 0.